The molecule has 0 aliphatic heterocycles. The smallest absolute Gasteiger partial charge is 0.494 e. The minimum absolute atomic E-state index is 0.195. The molecule has 0 saturated carbocycles. The van der Waals surface area contributed by atoms with Crippen LogP contribution in [-0.2, 0) is 36.1 Å². The van der Waals surface area contributed by atoms with Gasteiger partial charge in [-0.25, -0.2) is 4.79 Å². The van der Waals surface area contributed by atoms with Crippen molar-refractivity contribution in [1.82, 2.24) is 5.32 Å². The van der Waals surface area contributed by atoms with Gasteiger partial charge in [-0.15, -0.1) is 0 Å². The van der Waals surface area contributed by atoms with Crippen LogP contribution in [-0.4, -0.2) is 54.7 Å². The average molecular weight is 699 g/mol. The van der Waals surface area contributed by atoms with Gasteiger partial charge >= 0.3 is 20.8 Å². The van der Waals surface area contributed by atoms with Gasteiger partial charge < -0.3 is 33.7 Å². The molecule has 264 valence electrons. The molecular formula is C35H54ClNO9P+. The first-order valence-electron chi connectivity index (χ1n) is 15.8. The Balaban J connectivity index is 2.43. The summed E-state index contributed by atoms with van der Waals surface area (Å²) in [5, 5.41) is 3.30. The second-order valence-corrected chi connectivity index (χ2v) is 15.2. The number of aryl methyl sites for hydroxylation is 1. The second kappa shape index (κ2) is 16.7. The lowest BCUT2D eigenvalue weighted by Crippen LogP contribution is -2.69. The molecular weight excluding hydrogens is 645 g/mol. The van der Waals surface area contributed by atoms with Crippen LogP contribution in [0, 0.1) is 0 Å². The topological polar surface area (TPSA) is 111 Å². The number of hydrogen-bond donors (Lipinski definition) is 1. The number of methoxy groups -OCH3 is 1. The van der Waals surface area contributed by atoms with Crippen molar-refractivity contribution in [3.8, 4) is 17.2 Å². The first-order valence-corrected chi connectivity index (χ1v) is 17.0. The maximum absolute atomic E-state index is 13.3. The Labute approximate surface area is 287 Å². The van der Waals surface area contributed by atoms with Crippen LogP contribution in [0.4, 0.5) is 4.79 Å². The van der Waals surface area contributed by atoms with Gasteiger partial charge in [0.25, 0.3) is 0 Å². The Morgan fingerprint density at radius 2 is 1.43 bits per heavy atom. The van der Waals surface area contributed by atoms with Crippen LogP contribution in [0.15, 0.2) is 36.4 Å². The van der Waals surface area contributed by atoms with Crippen LogP contribution < -0.4 is 19.5 Å². The molecule has 1 unspecified atom stereocenters. The molecule has 47 heavy (non-hydrogen) atoms. The van der Waals surface area contributed by atoms with E-state index >= 15 is 0 Å². The molecule has 0 saturated heterocycles. The third-order valence-corrected chi connectivity index (χ3v) is 7.22. The molecule has 2 aromatic carbocycles. The van der Waals surface area contributed by atoms with Crippen LogP contribution in [0.25, 0.3) is 0 Å². The number of halogens is 1. The fourth-order valence-corrected chi connectivity index (χ4v) is 5.43. The van der Waals surface area contributed by atoms with Gasteiger partial charge in [0, 0.05) is 6.42 Å². The highest BCUT2D eigenvalue weighted by Gasteiger charge is 2.60. The van der Waals surface area contributed by atoms with Gasteiger partial charge in [0.2, 0.25) is 0 Å². The molecule has 2 aromatic rings. The van der Waals surface area contributed by atoms with Crippen LogP contribution in [0.3, 0.4) is 0 Å². The lowest BCUT2D eigenvalue weighted by molar-refractivity contribution is -0.423. The van der Waals surface area contributed by atoms with Gasteiger partial charge in [-0.1, -0.05) is 28.3 Å². The number of rotatable bonds is 16. The van der Waals surface area contributed by atoms with Crippen molar-refractivity contribution in [2.75, 3.05) is 20.3 Å². The molecule has 2 rings (SSSR count). The molecule has 0 bridgehead atoms. The fraction of sp³-hybridized carbons (Fsp3) is 0.629. The zero-order valence-electron chi connectivity index (χ0n) is 30.1. The summed E-state index contributed by atoms with van der Waals surface area (Å²) in [7, 11) is 0.285. The van der Waals surface area contributed by atoms with Gasteiger partial charge in [0.05, 0.1) is 36.5 Å². The van der Waals surface area contributed by atoms with Crippen molar-refractivity contribution >= 4 is 26.4 Å². The largest absolute Gasteiger partial charge is 0.499 e. The van der Waals surface area contributed by atoms with Crippen LogP contribution in [0.2, 0.25) is 5.02 Å². The van der Waals surface area contributed by atoms with E-state index in [0.717, 1.165) is 16.9 Å². The van der Waals surface area contributed by atoms with E-state index in [9.17, 15) is 9.36 Å². The molecule has 0 spiro atoms. The fourth-order valence-electron chi connectivity index (χ4n) is 4.72. The number of hydrogen-bond acceptors (Lipinski definition) is 9. The molecule has 12 heteroatoms. The van der Waals surface area contributed by atoms with Crippen molar-refractivity contribution in [3.05, 3.63) is 52.5 Å². The van der Waals surface area contributed by atoms with E-state index < -0.39 is 43.1 Å². The lowest BCUT2D eigenvalue weighted by Gasteiger charge is -2.48. The van der Waals surface area contributed by atoms with Crippen LogP contribution in [0.1, 0.15) is 93.7 Å². The zero-order chi connectivity index (χ0) is 35.7. The molecule has 0 heterocycles. The molecule has 0 aromatic heterocycles. The average Bonchev–Trinajstić information content (AvgIpc) is 2.91. The number of amides is 1. The minimum atomic E-state index is -1.99. The molecule has 0 radical (unpaired) electrons. The molecule has 0 aliphatic carbocycles. The summed E-state index contributed by atoms with van der Waals surface area (Å²) in [6.07, 6.45) is 0.486. The quantitative estimate of drug-likeness (QED) is 0.136. The first kappa shape index (κ1) is 40.6. The van der Waals surface area contributed by atoms with Gasteiger partial charge in [-0.05, 0) is 129 Å². The van der Waals surface area contributed by atoms with Gasteiger partial charge in [0.15, 0.2) is 11.5 Å². The predicted octanol–water partition coefficient (Wildman–Crippen LogP) is 8.82. The van der Waals surface area contributed by atoms with E-state index in [1.165, 1.54) is 0 Å². The van der Waals surface area contributed by atoms with E-state index in [1.54, 1.807) is 40.9 Å². The van der Waals surface area contributed by atoms with E-state index in [0.29, 0.717) is 42.6 Å². The van der Waals surface area contributed by atoms with E-state index in [-0.39, 0.29) is 6.42 Å². The summed E-state index contributed by atoms with van der Waals surface area (Å²) >= 11 is 6.75. The minimum Gasteiger partial charge on any atom is -0.494 e. The first-order chi connectivity index (χ1) is 21.6. The summed E-state index contributed by atoms with van der Waals surface area (Å²) in [6, 6.07) is 11.5. The number of alkyl carbamates (subject to hydrolysis) is 1. The molecule has 0 aliphatic rings. The number of carbonyl (C=O) groups excluding carboxylic acids is 1. The van der Waals surface area contributed by atoms with Crippen molar-refractivity contribution in [1.29, 1.82) is 0 Å². The highest BCUT2D eigenvalue weighted by Crippen LogP contribution is 2.43. The van der Waals surface area contributed by atoms with Crippen LogP contribution >= 0.6 is 20.3 Å². The summed E-state index contributed by atoms with van der Waals surface area (Å²) in [5.41, 5.74) is -2.00. The van der Waals surface area contributed by atoms with Crippen molar-refractivity contribution in [3.63, 3.8) is 0 Å². The molecule has 2 atom stereocenters. The Morgan fingerprint density at radius 3 is 1.91 bits per heavy atom. The molecule has 1 amide bonds. The molecule has 1 N–H and O–H groups in total. The maximum Gasteiger partial charge on any atom is 0.499 e. The SMILES string of the molecule is CCOc1ccc(CCOc2c(Cl)cc(CC[C@@](C)(NC(=O)OC(C)(C)C)C(O[PH+]=O)(OC(C)(C)C)OC(C)(C)C)cc2OC)cc1. The van der Waals surface area contributed by atoms with Gasteiger partial charge in [0.1, 0.15) is 16.9 Å². The number of benzene rings is 2. The standard InChI is InChI=1S/C35H53ClNO9P/c1-13-41-26-16-14-24(15-17-26)19-21-42-29-27(36)22-25(23-28(29)40-12)18-20-34(11,37-30(38)43-31(2,3)4)35(46-47-39,44-32(5,6)7)45-33(8,9)10/h14-17,22-23,47H,13,18-21H2,1-12H3/p+1/t34-/m1/s1. The van der Waals surface area contributed by atoms with E-state index in [4.69, 9.17) is 44.5 Å². The summed E-state index contributed by atoms with van der Waals surface area (Å²) in [6.45, 7) is 20.9. The predicted molar refractivity (Wildman–Crippen MR) is 185 cm³/mol. The van der Waals surface area contributed by atoms with E-state index in [1.807, 2.05) is 78.8 Å². The second-order valence-electron chi connectivity index (χ2n) is 14.4. The third kappa shape index (κ3) is 13.1. The summed E-state index contributed by atoms with van der Waals surface area (Å²) < 4.78 is 53.8. The van der Waals surface area contributed by atoms with Crippen molar-refractivity contribution in [2.24, 2.45) is 0 Å². The number of carbonyl (C=O) groups is 1. The normalized spacial score (nSPS) is 14.0. The van der Waals surface area contributed by atoms with E-state index in [2.05, 4.69) is 5.32 Å². The molecule has 10 nitrogen and oxygen atoms in total. The van der Waals surface area contributed by atoms with Crippen LogP contribution in [0.5, 0.6) is 17.2 Å². The molecule has 0 fully saturated rings. The maximum atomic E-state index is 13.3. The summed E-state index contributed by atoms with van der Waals surface area (Å²) in [4.78, 5) is 13.3. The van der Waals surface area contributed by atoms with Crippen molar-refractivity contribution in [2.45, 2.75) is 124 Å². The highest BCUT2D eigenvalue weighted by atomic mass is 35.5. The Bertz CT molecular complexity index is 1300. The zero-order valence-corrected chi connectivity index (χ0v) is 31.8. The van der Waals surface area contributed by atoms with Gasteiger partial charge in [-0.2, -0.15) is 0 Å². The lowest BCUT2D eigenvalue weighted by atomic mass is 9.89. The number of nitrogens with one attached hydrogen (secondary N) is 1. The third-order valence-electron chi connectivity index (χ3n) is 6.58. The highest BCUT2D eigenvalue weighted by molar-refractivity contribution is 7.17. The Morgan fingerprint density at radius 1 is 0.830 bits per heavy atom. The monoisotopic (exact) mass is 698 g/mol. The Hall–Kier alpha value is -2.62. The van der Waals surface area contributed by atoms with Gasteiger partial charge in [-0.3, -0.25) is 0 Å². The Kier molecular flexibility index (Phi) is 14.4. The number of ether oxygens (including phenoxy) is 6. The summed E-state index contributed by atoms with van der Waals surface area (Å²) in [5.74, 6) is -0.280. The van der Waals surface area contributed by atoms with Crippen molar-refractivity contribution < 1.29 is 42.3 Å².